The largest absolute Gasteiger partial charge is 0.381 e. The Bertz CT molecular complexity index is 729. The molecule has 5 aliphatic carbocycles. The van der Waals surface area contributed by atoms with E-state index in [0.717, 1.165) is 36.0 Å². The van der Waals surface area contributed by atoms with Crippen LogP contribution in [-0.2, 0) is 4.74 Å². The predicted octanol–water partition coefficient (Wildman–Crippen LogP) is 7.57. The molecule has 162 valence electrons. The van der Waals surface area contributed by atoms with Crippen LogP contribution in [0.3, 0.4) is 0 Å². The minimum atomic E-state index is 0.521. The number of hydrogen-bond donors (Lipinski definition) is 0. The average molecular weight is 397 g/mol. The Morgan fingerprint density at radius 2 is 1.76 bits per heavy atom. The van der Waals surface area contributed by atoms with E-state index in [4.69, 9.17) is 4.74 Å². The molecule has 1 heteroatoms. The van der Waals surface area contributed by atoms with Gasteiger partial charge in [-0.05, 0) is 119 Å². The molecule has 0 N–H and O–H groups in total. The van der Waals surface area contributed by atoms with Gasteiger partial charge in [0, 0.05) is 12.5 Å². The minimum absolute atomic E-state index is 0.521. The van der Waals surface area contributed by atoms with Crippen LogP contribution in [-0.4, -0.2) is 13.2 Å². The van der Waals surface area contributed by atoms with Gasteiger partial charge in [0.05, 0.1) is 6.10 Å². The summed E-state index contributed by atoms with van der Waals surface area (Å²) in [5, 5.41) is 0. The second-order valence-corrected chi connectivity index (χ2v) is 12.4. The van der Waals surface area contributed by atoms with Crippen molar-refractivity contribution in [1.29, 1.82) is 0 Å². The predicted molar refractivity (Wildman–Crippen MR) is 122 cm³/mol. The van der Waals surface area contributed by atoms with Crippen LogP contribution >= 0.6 is 0 Å². The van der Waals surface area contributed by atoms with Crippen LogP contribution in [0, 0.1) is 45.8 Å². The first-order valence-electron chi connectivity index (χ1n) is 12.6. The van der Waals surface area contributed by atoms with Gasteiger partial charge >= 0.3 is 0 Å². The van der Waals surface area contributed by atoms with Gasteiger partial charge in [-0.25, -0.2) is 0 Å². The SMILES string of the molecule is CO[C@@H]1C[C@H]2[C@@H]3CC[C@H](/C(C)=C/CC=C(C)C)[C@@]3(C)CC[C@@H]2[C@@]2(C)CC[C@@H]3C[C@]312. The van der Waals surface area contributed by atoms with Crippen molar-refractivity contribution in [3.63, 3.8) is 0 Å². The number of ether oxygens (including phenoxy) is 1. The van der Waals surface area contributed by atoms with Crippen LogP contribution < -0.4 is 0 Å². The van der Waals surface area contributed by atoms with E-state index in [2.05, 4.69) is 46.8 Å². The lowest BCUT2D eigenvalue weighted by molar-refractivity contribution is -0.158. The Morgan fingerprint density at radius 3 is 2.45 bits per heavy atom. The van der Waals surface area contributed by atoms with E-state index in [-0.39, 0.29) is 0 Å². The molecule has 9 atom stereocenters. The highest BCUT2D eigenvalue weighted by Gasteiger charge is 2.77. The molecule has 0 heterocycles. The Balaban J connectivity index is 1.41. The summed E-state index contributed by atoms with van der Waals surface area (Å²) in [5.74, 6) is 4.59. The summed E-state index contributed by atoms with van der Waals surface area (Å²) >= 11 is 0. The van der Waals surface area contributed by atoms with Gasteiger partial charge in [-0.1, -0.05) is 37.1 Å². The molecule has 5 saturated carbocycles. The summed E-state index contributed by atoms with van der Waals surface area (Å²) in [6.07, 6.45) is 18.2. The third-order valence-corrected chi connectivity index (χ3v) is 11.3. The molecular weight excluding hydrogens is 352 g/mol. The average Bonchev–Trinajstić information content (AvgIpc) is 3.18. The summed E-state index contributed by atoms with van der Waals surface area (Å²) in [4.78, 5) is 0. The van der Waals surface area contributed by atoms with Crippen molar-refractivity contribution < 1.29 is 4.74 Å². The molecule has 0 bridgehead atoms. The Morgan fingerprint density at radius 1 is 0.966 bits per heavy atom. The second kappa shape index (κ2) is 6.72. The van der Waals surface area contributed by atoms with Gasteiger partial charge in [0.2, 0.25) is 0 Å². The van der Waals surface area contributed by atoms with Gasteiger partial charge in [-0.2, -0.15) is 0 Å². The second-order valence-electron chi connectivity index (χ2n) is 12.4. The number of hydrogen-bond acceptors (Lipinski definition) is 1. The molecule has 0 aromatic rings. The summed E-state index contributed by atoms with van der Waals surface area (Å²) in [6.45, 7) is 12.2. The zero-order valence-corrected chi connectivity index (χ0v) is 19.9. The van der Waals surface area contributed by atoms with Crippen LogP contribution in [0.4, 0.5) is 0 Å². The van der Waals surface area contributed by atoms with Crippen LogP contribution in [0.1, 0.15) is 92.4 Å². The molecule has 1 nitrogen and oxygen atoms in total. The fraction of sp³-hybridized carbons (Fsp3) is 0.857. The van der Waals surface area contributed by atoms with Crippen molar-refractivity contribution >= 4 is 0 Å². The Kier molecular flexibility index (Phi) is 4.71. The molecule has 5 aliphatic rings. The monoisotopic (exact) mass is 396 g/mol. The number of allylic oxidation sites excluding steroid dienone is 4. The molecule has 0 unspecified atom stereocenters. The molecule has 0 aromatic carbocycles. The number of fused-ring (bicyclic) bond motifs is 4. The third-order valence-electron chi connectivity index (χ3n) is 11.3. The van der Waals surface area contributed by atoms with Gasteiger partial charge < -0.3 is 4.74 Å². The normalized spacial score (nSPS) is 53.0. The highest BCUT2D eigenvalue weighted by Crippen LogP contribution is 2.82. The molecule has 5 rings (SSSR count). The van der Waals surface area contributed by atoms with E-state index < -0.39 is 0 Å². The molecule has 0 aromatic heterocycles. The van der Waals surface area contributed by atoms with Crippen LogP contribution in [0.25, 0.3) is 0 Å². The van der Waals surface area contributed by atoms with E-state index in [1.807, 2.05) is 7.11 Å². The van der Waals surface area contributed by atoms with Crippen molar-refractivity contribution in [1.82, 2.24) is 0 Å². The van der Waals surface area contributed by atoms with E-state index in [1.165, 1.54) is 56.9 Å². The van der Waals surface area contributed by atoms with Crippen molar-refractivity contribution in [3.8, 4) is 0 Å². The quantitative estimate of drug-likeness (QED) is 0.445. The van der Waals surface area contributed by atoms with Crippen molar-refractivity contribution in [2.75, 3.05) is 7.11 Å². The van der Waals surface area contributed by atoms with E-state index >= 15 is 0 Å². The molecule has 5 fully saturated rings. The van der Waals surface area contributed by atoms with Crippen molar-refractivity contribution in [3.05, 3.63) is 23.3 Å². The first-order valence-corrected chi connectivity index (χ1v) is 12.6. The zero-order chi connectivity index (χ0) is 20.6. The summed E-state index contributed by atoms with van der Waals surface area (Å²) in [6, 6.07) is 0. The van der Waals surface area contributed by atoms with E-state index in [9.17, 15) is 0 Å². The van der Waals surface area contributed by atoms with Gasteiger partial charge in [0.25, 0.3) is 0 Å². The van der Waals surface area contributed by atoms with Crippen LogP contribution in [0.15, 0.2) is 23.3 Å². The fourth-order valence-corrected chi connectivity index (χ4v) is 9.95. The Hall–Kier alpha value is -0.560. The molecule has 29 heavy (non-hydrogen) atoms. The summed E-state index contributed by atoms with van der Waals surface area (Å²) in [7, 11) is 2.02. The Labute approximate surface area is 179 Å². The maximum atomic E-state index is 6.28. The topological polar surface area (TPSA) is 9.23 Å². The number of methoxy groups -OCH3 is 1. The van der Waals surface area contributed by atoms with Crippen molar-refractivity contribution in [2.24, 2.45) is 45.8 Å². The first kappa shape index (κ1) is 20.3. The van der Waals surface area contributed by atoms with Gasteiger partial charge in [-0.3, -0.25) is 0 Å². The van der Waals surface area contributed by atoms with Crippen molar-refractivity contribution in [2.45, 2.75) is 98.5 Å². The molecule has 1 spiro atoms. The van der Waals surface area contributed by atoms with Crippen LogP contribution in [0.2, 0.25) is 0 Å². The molecule has 0 saturated heterocycles. The first-order chi connectivity index (χ1) is 13.8. The lowest BCUT2D eigenvalue weighted by Crippen LogP contribution is -2.56. The van der Waals surface area contributed by atoms with E-state index in [0.29, 0.717) is 22.3 Å². The minimum Gasteiger partial charge on any atom is -0.381 e. The van der Waals surface area contributed by atoms with E-state index in [1.54, 1.807) is 5.57 Å². The maximum Gasteiger partial charge on any atom is 0.0638 e. The molecule has 0 radical (unpaired) electrons. The lowest BCUT2D eigenvalue weighted by Gasteiger charge is -2.60. The fourth-order valence-electron chi connectivity index (χ4n) is 9.95. The smallest absolute Gasteiger partial charge is 0.0638 e. The third kappa shape index (κ3) is 2.61. The standard InChI is InChI=1S/C28H44O/c1-18(2)8-7-9-19(3)22-10-11-23-21-16-25(29-6)28-17-20(28)12-15-27(28,5)24(21)13-14-26(22,23)4/h8-9,20-25H,7,10-17H2,1-6H3/b19-9+/t20-,21+,22-,23+,24+,25-,26-,27-,28+/m1/s1. The summed E-state index contributed by atoms with van der Waals surface area (Å²) < 4.78 is 6.28. The molecule has 0 aliphatic heterocycles. The highest BCUT2D eigenvalue weighted by atomic mass is 16.5. The van der Waals surface area contributed by atoms with Crippen LogP contribution in [0.5, 0.6) is 0 Å². The van der Waals surface area contributed by atoms with Gasteiger partial charge in [0.1, 0.15) is 0 Å². The lowest BCUT2D eigenvalue weighted by atomic mass is 9.45. The highest BCUT2D eigenvalue weighted by molar-refractivity contribution is 5.27. The van der Waals surface area contributed by atoms with Gasteiger partial charge in [0.15, 0.2) is 0 Å². The summed E-state index contributed by atoms with van der Waals surface area (Å²) in [5.41, 5.74) is 4.77. The molecule has 0 amide bonds. The van der Waals surface area contributed by atoms with Gasteiger partial charge in [-0.15, -0.1) is 0 Å². The zero-order valence-electron chi connectivity index (χ0n) is 19.9. The molecular formula is C28H44O. The maximum absolute atomic E-state index is 6.28. The number of rotatable bonds is 4.